The monoisotopic (exact) mass is 236 g/mol. The first kappa shape index (κ1) is 13.8. The Bertz CT molecular complexity index is 347. The van der Waals surface area contributed by atoms with E-state index >= 15 is 0 Å². The van der Waals surface area contributed by atoms with E-state index in [1.807, 2.05) is 13.0 Å². The molecule has 0 spiro atoms. The molecule has 1 rings (SSSR count). The average molecular weight is 236 g/mol. The molecule has 17 heavy (non-hydrogen) atoms. The van der Waals surface area contributed by atoms with Crippen LogP contribution in [0.2, 0.25) is 0 Å². The molecule has 0 saturated carbocycles. The van der Waals surface area contributed by atoms with E-state index in [9.17, 15) is 0 Å². The highest BCUT2D eigenvalue weighted by molar-refractivity contribution is 5.65. The zero-order chi connectivity index (χ0) is 12.8. The summed E-state index contributed by atoms with van der Waals surface area (Å²) in [7, 11) is 0. The molecule has 1 heterocycles. The first-order chi connectivity index (χ1) is 8.08. The number of rotatable bonds is 6. The summed E-state index contributed by atoms with van der Waals surface area (Å²) in [5, 5.41) is 3.37. The van der Waals surface area contributed by atoms with Gasteiger partial charge >= 0.3 is 0 Å². The summed E-state index contributed by atoms with van der Waals surface area (Å²) in [5.41, 5.74) is 7.80. The van der Waals surface area contributed by atoms with Crippen LogP contribution in [0.1, 0.15) is 26.3 Å². The molecule has 96 valence electrons. The molecule has 1 atom stereocenters. The van der Waals surface area contributed by atoms with Crippen LogP contribution in [0, 0.1) is 6.92 Å². The first-order valence-corrected chi connectivity index (χ1v) is 6.28. The van der Waals surface area contributed by atoms with Crippen molar-refractivity contribution in [2.45, 2.75) is 33.7 Å². The van der Waals surface area contributed by atoms with E-state index < -0.39 is 0 Å². The van der Waals surface area contributed by atoms with Gasteiger partial charge in [-0.15, -0.1) is 0 Å². The maximum Gasteiger partial charge on any atom is 0.149 e. The standard InChI is InChI=1S/C13H24N4/c1-5-17(6-2)9-11(4)16-13-12(14)10(3)7-8-15-13/h7-8,11H,5-6,9,14H2,1-4H3,(H,15,16). The minimum atomic E-state index is 0.339. The highest BCUT2D eigenvalue weighted by atomic mass is 15.1. The second kappa shape index (κ2) is 6.45. The number of nitrogen functional groups attached to an aromatic ring is 1. The molecule has 0 radical (unpaired) electrons. The Hall–Kier alpha value is -1.29. The maximum absolute atomic E-state index is 5.99. The zero-order valence-corrected chi connectivity index (χ0v) is 11.3. The summed E-state index contributed by atoms with van der Waals surface area (Å²) >= 11 is 0. The van der Waals surface area contributed by atoms with Crippen LogP contribution in [0.15, 0.2) is 12.3 Å². The summed E-state index contributed by atoms with van der Waals surface area (Å²) in [6.07, 6.45) is 1.79. The molecule has 0 aliphatic heterocycles. The molecule has 0 fully saturated rings. The van der Waals surface area contributed by atoms with Crippen molar-refractivity contribution in [2.24, 2.45) is 0 Å². The third kappa shape index (κ3) is 3.89. The van der Waals surface area contributed by atoms with Crippen molar-refractivity contribution < 1.29 is 0 Å². The largest absolute Gasteiger partial charge is 0.396 e. The van der Waals surface area contributed by atoms with E-state index in [0.29, 0.717) is 6.04 Å². The van der Waals surface area contributed by atoms with E-state index in [2.05, 4.69) is 36.0 Å². The lowest BCUT2D eigenvalue weighted by atomic mass is 10.2. The summed E-state index contributed by atoms with van der Waals surface area (Å²) in [6.45, 7) is 11.6. The summed E-state index contributed by atoms with van der Waals surface area (Å²) in [6, 6.07) is 2.27. The van der Waals surface area contributed by atoms with Crippen LogP contribution < -0.4 is 11.1 Å². The van der Waals surface area contributed by atoms with Gasteiger partial charge in [-0.3, -0.25) is 0 Å². The van der Waals surface area contributed by atoms with Gasteiger partial charge in [0.2, 0.25) is 0 Å². The molecule has 1 aromatic heterocycles. The average Bonchev–Trinajstić information content (AvgIpc) is 2.32. The lowest BCUT2D eigenvalue weighted by Crippen LogP contribution is -2.35. The van der Waals surface area contributed by atoms with Crippen LogP contribution in [0.4, 0.5) is 11.5 Å². The van der Waals surface area contributed by atoms with Crippen molar-refractivity contribution in [3.63, 3.8) is 0 Å². The predicted octanol–water partition coefficient (Wildman–Crippen LogP) is 2.11. The van der Waals surface area contributed by atoms with Gasteiger partial charge in [0.05, 0.1) is 5.69 Å². The van der Waals surface area contributed by atoms with Crippen LogP contribution in [-0.2, 0) is 0 Å². The Morgan fingerprint density at radius 1 is 1.41 bits per heavy atom. The normalized spacial score (nSPS) is 12.8. The molecule has 0 aromatic carbocycles. The topological polar surface area (TPSA) is 54.2 Å². The van der Waals surface area contributed by atoms with Gasteiger partial charge in [-0.25, -0.2) is 4.98 Å². The van der Waals surface area contributed by atoms with Gasteiger partial charge in [0.1, 0.15) is 5.82 Å². The fourth-order valence-corrected chi connectivity index (χ4v) is 1.83. The molecule has 0 amide bonds. The van der Waals surface area contributed by atoms with E-state index in [4.69, 9.17) is 5.73 Å². The zero-order valence-electron chi connectivity index (χ0n) is 11.3. The van der Waals surface area contributed by atoms with Crippen LogP contribution in [0.25, 0.3) is 0 Å². The van der Waals surface area contributed by atoms with Crippen LogP contribution in [0.5, 0.6) is 0 Å². The number of pyridine rings is 1. The summed E-state index contributed by atoms with van der Waals surface area (Å²) in [4.78, 5) is 6.66. The quantitative estimate of drug-likeness (QED) is 0.794. The minimum Gasteiger partial charge on any atom is -0.396 e. The van der Waals surface area contributed by atoms with E-state index in [0.717, 1.165) is 36.7 Å². The highest BCUT2D eigenvalue weighted by Gasteiger charge is 2.10. The van der Waals surface area contributed by atoms with E-state index in [1.165, 1.54) is 0 Å². The Balaban J connectivity index is 2.61. The van der Waals surface area contributed by atoms with Gasteiger partial charge in [-0.1, -0.05) is 13.8 Å². The number of aryl methyl sites for hydroxylation is 1. The molecule has 4 heteroatoms. The number of nitrogens with one attached hydrogen (secondary N) is 1. The highest BCUT2D eigenvalue weighted by Crippen LogP contribution is 2.19. The smallest absolute Gasteiger partial charge is 0.149 e. The second-order valence-electron chi connectivity index (χ2n) is 4.42. The number of anilines is 2. The van der Waals surface area contributed by atoms with Gasteiger partial charge in [0.25, 0.3) is 0 Å². The van der Waals surface area contributed by atoms with Crippen LogP contribution in [-0.4, -0.2) is 35.6 Å². The van der Waals surface area contributed by atoms with Crippen LogP contribution in [0.3, 0.4) is 0 Å². The maximum atomic E-state index is 5.99. The molecule has 0 aliphatic rings. The van der Waals surface area contributed by atoms with E-state index in [-0.39, 0.29) is 0 Å². The Labute approximate surface area is 104 Å². The van der Waals surface area contributed by atoms with Gasteiger partial charge in [0.15, 0.2) is 0 Å². The predicted molar refractivity (Wildman–Crippen MR) is 74.3 cm³/mol. The lowest BCUT2D eigenvalue weighted by Gasteiger charge is -2.24. The number of likely N-dealkylation sites (N-methyl/N-ethyl adjacent to an activating group) is 1. The van der Waals surface area contributed by atoms with Crippen molar-refractivity contribution >= 4 is 11.5 Å². The summed E-state index contributed by atoms with van der Waals surface area (Å²) < 4.78 is 0. The number of aromatic nitrogens is 1. The third-order valence-corrected chi connectivity index (χ3v) is 3.02. The van der Waals surface area contributed by atoms with Crippen molar-refractivity contribution in [3.05, 3.63) is 17.8 Å². The second-order valence-corrected chi connectivity index (χ2v) is 4.42. The number of nitrogens with zero attached hydrogens (tertiary/aromatic N) is 2. The number of hydrogen-bond donors (Lipinski definition) is 2. The van der Waals surface area contributed by atoms with Crippen molar-refractivity contribution in [2.75, 3.05) is 30.7 Å². The molecular weight excluding hydrogens is 212 g/mol. The van der Waals surface area contributed by atoms with Gasteiger partial charge < -0.3 is 16.0 Å². The Morgan fingerprint density at radius 3 is 2.65 bits per heavy atom. The van der Waals surface area contributed by atoms with Crippen molar-refractivity contribution in [1.82, 2.24) is 9.88 Å². The SMILES string of the molecule is CCN(CC)CC(C)Nc1nccc(C)c1N. The minimum absolute atomic E-state index is 0.339. The van der Waals surface area contributed by atoms with Gasteiger partial charge in [-0.2, -0.15) is 0 Å². The van der Waals surface area contributed by atoms with Crippen LogP contribution >= 0.6 is 0 Å². The van der Waals surface area contributed by atoms with Gasteiger partial charge in [-0.05, 0) is 38.6 Å². The number of hydrogen-bond acceptors (Lipinski definition) is 4. The number of nitrogens with two attached hydrogens (primary N) is 1. The molecule has 1 aromatic rings. The molecule has 0 saturated heterocycles. The Morgan fingerprint density at radius 2 is 2.06 bits per heavy atom. The van der Waals surface area contributed by atoms with Crippen molar-refractivity contribution in [3.8, 4) is 0 Å². The molecular formula is C13H24N4. The lowest BCUT2D eigenvalue weighted by molar-refractivity contribution is 0.294. The van der Waals surface area contributed by atoms with E-state index in [1.54, 1.807) is 6.20 Å². The fraction of sp³-hybridized carbons (Fsp3) is 0.615. The molecule has 3 N–H and O–H groups in total. The molecule has 4 nitrogen and oxygen atoms in total. The molecule has 0 aliphatic carbocycles. The summed E-state index contributed by atoms with van der Waals surface area (Å²) in [5.74, 6) is 0.796. The Kier molecular flexibility index (Phi) is 5.22. The fourth-order valence-electron chi connectivity index (χ4n) is 1.83. The van der Waals surface area contributed by atoms with Gasteiger partial charge in [0, 0.05) is 18.8 Å². The third-order valence-electron chi connectivity index (χ3n) is 3.02. The molecule has 1 unspecified atom stereocenters. The first-order valence-electron chi connectivity index (χ1n) is 6.28. The molecule has 0 bridgehead atoms. The van der Waals surface area contributed by atoms with Crippen molar-refractivity contribution in [1.29, 1.82) is 0 Å².